The zero-order chi connectivity index (χ0) is 32.8. The van der Waals surface area contributed by atoms with Gasteiger partial charge in [-0.25, -0.2) is 0 Å². The van der Waals surface area contributed by atoms with Crippen molar-refractivity contribution in [2.75, 3.05) is 12.8 Å². The molecule has 0 amide bonds. The second-order valence-corrected chi connectivity index (χ2v) is 10.9. The Morgan fingerprint density at radius 1 is 0.568 bits per heavy atom. The molecule has 2 nitrogen and oxygen atoms in total. The molecular weight excluding hydrogens is 616 g/mol. The third-order valence-electron chi connectivity index (χ3n) is 7.70. The minimum absolute atomic E-state index is 0.0203. The van der Waals surface area contributed by atoms with Gasteiger partial charge in [0, 0.05) is 23.8 Å². The van der Waals surface area contributed by atoms with E-state index in [-0.39, 0.29) is 41.5 Å². The standard InChI is InChI=1S/C30H26F12N2/c1-44(24-5-3-2-4-6-24)15-19-7-16(17-8-20(27(31,32)33)13-21(9-17)28(34,35)36)12-25(26(19)43)18-10-22(29(37,38)39)14-23(11-18)30(40,41)42/h7-14,24H,2-6,15,43H2,1H3. The summed E-state index contributed by atoms with van der Waals surface area (Å²) in [7, 11) is 1.71. The van der Waals surface area contributed by atoms with Crippen molar-refractivity contribution in [2.45, 2.75) is 69.4 Å². The second kappa shape index (κ2) is 11.8. The predicted octanol–water partition coefficient (Wildman–Crippen LogP) is 10.4. The van der Waals surface area contributed by atoms with Crippen molar-refractivity contribution in [3.8, 4) is 22.3 Å². The highest BCUT2D eigenvalue weighted by atomic mass is 19.4. The van der Waals surface area contributed by atoms with E-state index in [4.69, 9.17) is 5.73 Å². The minimum atomic E-state index is -5.21. The van der Waals surface area contributed by atoms with Crippen LogP contribution >= 0.6 is 0 Å². The van der Waals surface area contributed by atoms with E-state index in [0.717, 1.165) is 38.2 Å². The molecule has 1 aliphatic carbocycles. The van der Waals surface area contributed by atoms with Gasteiger partial charge in [0.05, 0.1) is 22.3 Å². The molecule has 4 rings (SSSR count). The number of hydrogen-bond donors (Lipinski definition) is 1. The summed E-state index contributed by atoms with van der Waals surface area (Å²) in [5.41, 5.74) is -2.40. The summed E-state index contributed by atoms with van der Waals surface area (Å²) in [4.78, 5) is 1.85. The van der Waals surface area contributed by atoms with Crippen LogP contribution in [0.25, 0.3) is 22.3 Å². The molecule has 240 valence electrons. The molecule has 0 saturated heterocycles. The van der Waals surface area contributed by atoms with Gasteiger partial charge in [0.2, 0.25) is 0 Å². The molecular formula is C30H26F12N2. The Hall–Kier alpha value is -3.42. The first-order valence-electron chi connectivity index (χ1n) is 13.4. The monoisotopic (exact) mass is 642 g/mol. The van der Waals surface area contributed by atoms with Crippen LogP contribution in [-0.2, 0) is 31.2 Å². The molecule has 14 heteroatoms. The van der Waals surface area contributed by atoms with E-state index in [0.29, 0.717) is 24.3 Å². The van der Waals surface area contributed by atoms with Crippen LogP contribution in [0.5, 0.6) is 0 Å². The van der Waals surface area contributed by atoms with Gasteiger partial charge >= 0.3 is 24.7 Å². The number of anilines is 1. The summed E-state index contributed by atoms with van der Waals surface area (Å²) < 4.78 is 164. The Balaban J connectivity index is 2.00. The van der Waals surface area contributed by atoms with E-state index >= 15 is 0 Å². The number of nitrogen functional groups attached to an aromatic ring is 1. The molecule has 1 aliphatic rings. The van der Waals surface area contributed by atoms with Gasteiger partial charge < -0.3 is 5.73 Å². The van der Waals surface area contributed by atoms with Gasteiger partial charge in [-0.2, -0.15) is 52.7 Å². The Morgan fingerprint density at radius 3 is 1.36 bits per heavy atom. The Kier molecular flexibility index (Phi) is 9.00. The fourth-order valence-electron chi connectivity index (χ4n) is 5.40. The van der Waals surface area contributed by atoms with Crippen molar-refractivity contribution in [2.24, 2.45) is 0 Å². The maximum Gasteiger partial charge on any atom is 0.416 e. The van der Waals surface area contributed by atoms with Crippen molar-refractivity contribution in [1.82, 2.24) is 4.90 Å². The summed E-state index contributed by atoms with van der Waals surface area (Å²) in [6, 6.07) is 3.67. The molecule has 1 fully saturated rings. The average molecular weight is 643 g/mol. The fourth-order valence-corrected chi connectivity index (χ4v) is 5.40. The number of rotatable bonds is 5. The first kappa shape index (κ1) is 33.5. The van der Waals surface area contributed by atoms with Gasteiger partial charge in [0.25, 0.3) is 0 Å². The minimum Gasteiger partial charge on any atom is -0.398 e. The molecule has 0 bridgehead atoms. The molecule has 3 aromatic carbocycles. The van der Waals surface area contributed by atoms with Crippen molar-refractivity contribution in [1.29, 1.82) is 0 Å². The molecule has 0 aromatic heterocycles. The van der Waals surface area contributed by atoms with Crippen LogP contribution in [0.3, 0.4) is 0 Å². The number of benzene rings is 3. The van der Waals surface area contributed by atoms with E-state index < -0.39 is 63.6 Å². The molecule has 0 spiro atoms. The van der Waals surface area contributed by atoms with Crippen LogP contribution in [0.4, 0.5) is 58.4 Å². The zero-order valence-electron chi connectivity index (χ0n) is 23.0. The van der Waals surface area contributed by atoms with Crippen LogP contribution < -0.4 is 5.73 Å². The number of alkyl halides is 12. The summed E-state index contributed by atoms with van der Waals surface area (Å²) >= 11 is 0. The molecule has 0 atom stereocenters. The van der Waals surface area contributed by atoms with Crippen molar-refractivity contribution >= 4 is 5.69 Å². The van der Waals surface area contributed by atoms with Crippen molar-refractivity contribution in [3.63, 3.8) is 0 Å². The number of nitrogens with two attached hydrogens (primary N) is 1. The third-order valence-corrected chi connectivity index (χ3v) is 7.70. The lowest BCUT2D eigenvalue weighted by molar-refractivity contribution is -0.144. The highest BCUT2D eigenvalue weighted by Crippen LogP contribution is 2.44. The molecule has 0 aliphatic heterocycles. The van der Waals surface area contributed by atoms with Crippen LogP contribution in [0.2, 0.25) is 0 Å². The zero-order valence-corrected chi connectivity index (χ0v) is 23.0. The van der Waals surface area contributed by atoms with Crippen LogP contribution in [-0.4, -0.2) is 18.0 Å². The third kappa shape index (κ3) is 7.62. The SMILES string of the molecule is CN(Cc1cc(-c2cc(C(F)(F)F)cc(C(F)(F)F)c2)cc(-c2cc(C(F)(F)F)cc(C(F)(F)F)c2)c1N)C1CCCCC1. The highest BCUT2D eigenvalue weighted by Gasteiger charge is 2.39. The molecule has 3 aromatic rings. The molecule has 1 saturated carbocycles. The lowest BCUT2D eigenvalue weighted by atomic mass is 9.90. The molecule has 2 N–H and O–H groups in total. The van der Waals surface area contributed by atoms with E-state index in [2.05, 4.69) is 0 Å². The average Bonchev–Trinajstić information content (AvgIpc) is 2.92. The lowest BCUT2D eigenvalue weighted by Gasteiger charge is -2.32. The van der Waals surface area contributed by atoms with Crippen LogP contribution in [0, 0.1) is 0 Å². The van der Waals surface area contributed by atoms with E-state index in [1.165, 1.54) is 6.07 Å². The summed E-state index contributed by atoms with van der Waals surface area (Å²) in [6.45, 7) is -0.0203. The van der Waals surface area contributed by atoms with Gasteiger partial charge in [-0.05, 0) is 90.7 Å². The second-order valence-electron chi connectivity index (χ2n) is 10.9. The maximum atomic E-state index is 13.6. The van der Waals surface area contributed by atoms with Gasteiger partial charge in [0.15, 0.2) is 0 Å². The maximum absolute atomic E-state index is 13.6. The van der Waals surface area contributed by atoms with Gasteiger partial charge in [-0.15, -0.1) is 0 Å². The van der Waals surface area contributed by atoms with Crippen molar-refractivity contribution < 1.29 is 52.7 Å². The Bertz CT molecular complexity index is 1430. The number of halogens is 12. The lowest BCUT2D eigenvalue weighted by Crippen LogP contribution is -2.33. The first-order valence-corrected chi connectivity index (χ1v) is 13.4. The predicted molar refractivity (Wildman–Crippen MR) is 140 cm³/mol. The Morgan fingerprint density at radius 2 is 0.955 bits per heavy atom. The summed E-state index contributed by atoms with van der Waals surface area (Å²) in [5, 5.41) is 0. The van der Waals surface area contributed by atoms with Crippen LogP contribution in [0.15, 0.2) is 48.5 Å². The quantitative estimate of drug-likeness (QED) is 0.222. The number of nitrogens with zero attached hydrogens (tertiary/aromatic N) is 1. The van der Waals surface area contributed by atoms with Gasteiger partial charge in [-0.3, -0.25) is 4.90 Å². The summed E-state index contributed by atoms with van der Waals surface area (Å²) in [5.74, 6) is 0. The topological polar surface area (TPSA) is 29.3 Å². The molecule has 44 heavy (non-hydrogen) atoms. The normalized spacial score (nSPS) is 15.7. The molecule has 0 heterocycles. The van der Waals surface area contributed by atoms with E-state index in [1.54, 1.807) is 7.05 Å². The number of hydrogen-bond acceptors (Lipinski definition) is 2. The summed E-state index contributed by atoms with van der Waals surface area (Å²) in [6.07, 6.45) is -16.4. The van der Waals surface area contributed by atoms with E-state index in [9.17, 15) is 52.7 Å². The largest absolute Gasteiger partial charge is 0.416 e. The molecule has 0 radical (unpaired) electrons. The fraction of sp³-hybridized carbons (Fsp3) is 0.400. The van der Waals surface area contributed by atoms with Crippen LogP contribution in [0.1, 0.15) is 59.9 Å². The first-order chi connectivity index (χ1) is 20.1. The van der Waals surface area contributed by atoms with Gasteiger partial charge in [-0.1, -0.05) is 19.3 Å². The van der Waals surface area contributed by atoms with E-state index in [1.807, 2.05) is 4.90 Å². The van der Waals surface area contributed by atoms with Gasteiger partial charge in [0.1, 0.15) is 0 Å². The Labute approximate surface area is 244 Å². The smallest absolute Gasteiger partial charge is 0.398 e. The highest BCUT2D eigenvalue weighted by molar-refractivity contribution is 5.85. The van der Waals surface area contributed by atoms with Crippen molar-refractivity contribution in [3.05, 3.63) is 76.3 Å². The molecule has 0 unspecified atom stereocenters.